The van der Waals surface area contributed by atoms with Crippen LogP contribution in [0.5, 0.6) is 5.75 Å². The number of hydrogen-bond donors (Lipinski definition) is 1. The van der Waals surface area contributed by atoms with Crippen molar-refractivity contribution in [2.24, 2.45) is 5.92 Å². The van der Waals surface area contributed by atoms with Crippen molar-refractivity contribution < 1.29 is 14.3 Å². The maximum absolute atomic E-state index is 12.7. The molecule has 27 heavy (non-hydrogen) atoms. The number of carbonyl (C=O) groups is 2. The lowest BCUT2D eigenvalue weighted by atomic mass is 10.1. The maximum atomic E-state index is 12.7. The number of hydrogen-bond acceptors (Lipinski definition) is 3. The molecule has 0 fully saturated rings. The standard InChI is InChI=1S/C22H28N2O3/c1-16(2)22(26)24(15-19-8-6-5-7-9-19)17(3)21(25)23-14-18-10-12-20(27-4)13-11-18/h5-13,16-17H,14-15H2,1-4H3,(H,23,25). The molecule has 5 nitrogen and oxygen atoms in total. The summed E-state index contributed by atoms with van der Waals surface area (Å²) >= 11 is 0. The van der Waals surface area contributed by atoms with Crippen LogP contribution in [0.25, 0.3) is 0 Å². The van der Waals surface area contributed by atoms with E-state index in [2.05, 4.69) is 5.32 Å². The van der Waals surface area contributed by atoms with Crippen LogP contribution in [-0.4, -0.2) is 29.9 Å². The Balaban J connectivity index is 2.04. The predicted molar refractivity (Wildman–Crippen MR) is 106 cm³/mol. The minimum atomic E-state index is -0.557. The Bertz CT molecular complexity index is 742. The van der Waals surface area contributed by atoms with Crippen LogP contribution in [0.3, 0.4) is 0 Å². The molecule has 0 aliphatic heterocycles. The highest BCUT2D eigenvalue weighted by Crippen LogP contribution is 2.14. The zero-order valence-electron chi connectivity index (χ0n) is 16.4. The number of nitrogens with zero attached hydrogens (tertiary/aromatic N) is 1. The first-order valence-corrected chi connectivity index (χ1v) is 9.17. The molecular formula is C22H28N2O3. The van der Waals surface area contributed by atoms with Gasteiger partial charge < -0.3 is 15.0 Å². The molecule has 1 N–H and O–H groups in total. The highest BCUT2D eigenvalue weighted by atomic mass is 16.5. The van der Waals surface area contributed by atoms with Gasteiger partial charge in [-0.25, -0.2) is 0 Å². The zero-order chi connectivity index (χ0) is 19.8. The van der Waals surface area contributed by atoms with Crippen molar-refractivity contribution in [2.75, 3.05) is 7.11 Å². The first-order valence-electron chi connectivity index (χ1n) is 9.17. The van der Waals surface area contributed by atoms with Gasteiger partial charge in [-0.2, -0.15) is 0 Å². The number of rotatable bonds is 8. The summed E-state index contributed by atoms with van der Waals surface area (Å²) in [6.45, 7) is 6.29. The number of ether oxygens (including phenoxy) is 1. The van der Waals surface area contributed by atoms with Gasteiger partial charge in [0.15, 0.2) is 0 Å². The van der Waals surface area contributed by atoms with Crippen LogP contribution in [-0.2, 0) is 22.7 Å². The largest absolute Gasteiger partial charge is 0.497 e. The van der Waals surface area contributed by atoms with Crippen LogP contribution < -0.4 is 10.1 Å². The molecule has 2 rings (SSSR count). The lowest BCUT2D eigenvalue weighted by molar-refractivity contribution is -0.143. The Labute approximate surface area is 161 Å². The number of nitrogens with one attached hydrogen (secondary N) is 1. The van der Waals surface area contributed by atoms with Gasteiger partial charge in [0.25, 0.3) is 0 Å². The van der Waals surface area contributed by atoms with Gasteiger partial charge in [0, 0.05) is 19.0 Å². The van der Waals surface area contributed by atoms with Gasteiger partial charge in [0.05, 0.1) is 7.11 Å². The van der Waals surface area contributed by atoms with E-state index in [1.807, 2.05) is 68.4 Å². The molecule has 0 heterocycles. The summed E-state index contributed by atoms with van der Waals surface area (Å²) in [6, 6.07) is 16.7. The van der Waals surface area contributed by atoms with Gasteiger partial charge >= 0.3 is 0 Å². The molecule has 5 heteroatoms. The summed E-state index contributed by atoms with van der Waals surface area (Å²) in [4.78, 5) is 27.0. The molecule has 1 unspecified atom stereocenters. The molecule has 2 aromatic carbocycles. The normalized spacial score (nSPS) is 11.7. The fourth-order valence-electron chi connectivity index (χ4n) is 2.74. The molecule has 0 spiro atoms. The fourth-order valence-corrected chi connectivity index (χ4v) is 2.74. The van der Waals surface area contributed by atoms with Crippen LogP contribution in [0.2, 0.25) is 0 Å². The number of methoxy groups -OCH3 is 1. The van der Waals surface area contributed by atoms with Crippen molar-refractivity contribution >= 4 is 11.8 Å². The van der Waals surface area contributed by atoms with E-state index >= 15 is 0 Å². The SMILES string of the molecule is COc1ccc(CNC(=O)C(C)N(Cc2ccccc2)C(=O)C(C)C)cc1. The van der Waals surface area contributed by atoms with E-state index in [0.29, 0.717) is 13.1 Å². The highest BCUT2D eigenvalue weighted by molar-refractivity contribution is 5.88. The third kappa shape index (κ3) is 5.84. The highest BCUT2D eigenvalue weighted by Gasteiger charge is 2.27. The zero-order valence-corrected chi connectivity index (χ0v) is 16.4. The third-order valence-electron chi connectivity index (χ3n) is 4.45. The van der Waals surface area contributed by atoms with E-state index in [0.717, 1.165) is 16.9 Å². The average Bonchev–Trinajstić information content (AvgIpc) is 2.70. The Morgan fingerprint density at radius 1 is 0.963 bits per heavy atom. The lowest BCUT2D eigenvalue weighted by Crippen LogP contribution is -2.48. The summed E-state index contributed by atoms with van der Waals surface area (Å²) in [5.41, 5.74) is 1.97. The number of carbonyl (C=O) groups excluding carboxylic acids is 2. The van der Waals surface area contributed by atoms with Crippen LogP contribution in [0.4, 0.5) is 0 Å². The number of amides is 2. The second kappa shape index (κ2) is 9.76. The summed E-state index contributed by atoms with van der Waals surface area (Å²) in [7, 11) is 1.62. The van der Waals surface area contributed by atoms with Crippen molar-refractivity contribution in [3.05, 3.63) is 65.7 Å². The first kappa shape index (κ1) is 20.5. The van der Waals surface area contributed by atoms with Gasteiger partial charge in [-0.15, -0.1) is 0 Å². The Hall–Kier alpha value is -2.82. The summed E-state index contributed by atoms with van der Waals surface area (Å²) in [5, 5.41) is 2.92. The maximum Gasteiger partial charge on any atom is 0.242 e. The Kier molecular flexibility index (Phi) is 7.41. The molecule has 144 valence electrons. The van der Waals surface area contributed by atoms with E-state index < -0.39 is 6.04 Å². The van der Waals surface area contributed by atoms with Crippen LogP contribution >= 0.6 is 0 Å². The molecule has 0 aromatic heterocycles. The molecule has 1 atom stereocenters. The second-order valence-corrected chi connectivity index (χ2v) is 6.85. The second-order valence-electron chi connectivity index (χ2n) is 6.85. The van der Waals surface area contributed by atoms with E-state index in [-0.39, 0.29) is 17.7 Å². The van der Waals surface area contributed by atoms with Crippen LogP contribution in [0, 0.1) is 5.92 Å². The topological polar surface area (TPSA) is 58.6 Å². The van der Waals surface area contributed by atoms with Gasteiger partial charge in [-0.3, -0.25) is 9.59 Å². The first-order chi connectivity index (χ1) is 12.9. The smallest absolute Gasteiger partial charge is 0.242 e. The van der Waals surface area contributed by atoms with Crippen molar-refractivity contribution in [1.82, 2.24) is 10.2 Å². The van der Waals surface area contributed by atoms with Gasteiger partial charge in [0.2, 0.25) is 11.8 Å². The summed E-state index contributed by atoms with van der Waals surface area (Å²) in [5.74, 6) is 0.391. The number of benzene rings is 2. The summed E-state index contributed by atoms with van der Waals surface area (Å²) in [6.07, 6.45) is 0. The van der Waals surface area contributed by atoms with Gasteiger partial charge in [0.1, 0.15) is 11.8 Å². The van der Waals surface area contributed by atoms with Gasteiger partial charge in [-0.1, -0.05) is 56.3 Å². The van der Waals surface area contributed by atoms with Crippen molar-refractivity contribution in [1.29, 1.82) is 0 Å². The molecular weight excluding hydrogens is 340 g/mol. The van der Waals surface area contributed by atoms with E-state index in [4.69, 9.17) is 4.74 Å². The minimum Gasteiger partial charge on any atom is -0.497 e. The molecule has 0 aliphatic carbocycles. The van der Waals surface area contributed by atoms with E-state index in [1.54, 1.807) is 18.9 Å². The predicted octanol–water partition coefficient (Wildman–Crippen LogP) is 3.38. The Morgan fingerprint density at radius 3 is 2.15 bits per heavy atom. The van der Waals surface area contributed by atoms with E-state index in [9.17, 15) is 9.59 Å². The van der Waals surface area contributed by atoms with Gasteiger partial charge in [-0.05, 0) is 30.2 Å². The molecule has 0 bridgehead atoms. The molecule has 0 radical (unpaired) electrons. The lowest BCUT2D eigenvalue weighted by Gasteiger charge is -2.30. The average molecular weight is 368 g/mol. The fraction of sp³-hybridized carbons (Fsp3) is 0.364. The van der Waals surface area contributed by atoms with Crippen molar-refractivity contribution in [2.45, 2.75) is 39.9 Å². The Morgan fingerprint density at radius 2 is 1.59 bits per heavy atom. The molecule has 2 aromatic rings. The molecule has 0 saturated heterocycles. The summed E-state index contributed by atoms with van der Waals surface area (Å²) < 4.78 is 5.14. The molecule has 2 amide bonds. The van der Waals surface area contributed by atoms with E-state index in [1.165, 1.54) is 0 Å². The molecule has 0 saturated carbocycles. The van der Waals surface area contributed by atoms with Crippen LogP contribution in [0.1, 0.15) is 31.9 Å². The van der Waals surface area contributed by atoms with Crippen molar-refractivity contribution in [3.8, 4) is 5.75 Å². The quantitative estimate of drug-likeness (QED) is 0.777. The minimum absolute atomic E-state index is 0.0362. The van der Waals surface area contributed by atoms with Crippen molar-refractivity contribution in [3.63, 3.8) is 0 Å². The van der Waals surface area contributed by atoms with Crippen LogP contribution in [0.15, 0.2) is 54.6 Å². The third-order valence-corrected chi connectivity index (χ3v) is 4.45. The molecule has 0 aliphatic rings. The monoisotopic (exact) mass is 368 g/mol.